The lowest BCUT2D eigenvalue weighted by Crippen LogP contribution is -2.32. The third-order valence-corrected chi connectivity index (χ3v) is 4.05. The Morgan fingerprint density at radius 2 is 1.63 bits per heavy atom. The van der Waals surface area contributed by atoms with Crippen LogP contribution in [-0.4, -0.2) is 12.0 Å². The van der Waals surface area contributed by atoms with Crippen LogP contribution in [0.4, 0.5) is 5.69 Å². The van der Waals surface area contributed by atoms with E-state index in [1.54, 1.807) is 0 Å². The van der Waals surface area contributed by atoms with Crippen LogP contribution in [-0.2, 0) is 4.79 Å². The first-order valence-electron chi connectivity index (χ1n) is 9.02. The number of hydrogen-bond donors (Lipinski definition) is 1. The van der Waals surface area contributed by atoms with Gasteiger partial charge in [0.15, 0.2) is 11.9 Å². The molecule has 0 heterocycles. The second-order valence-corrected chi connectivity index (χ2v) is 6.23. The zero-order chi connectivity index (χ0) is 19.1. The third-order valence-electron chi connectivity index (χ3n) is 4.05. The van der Waals surface area contributed by atoms with E-state index in [1.807, 2.05) is 92.7 Å². The van der Waals surface area contributed by atoms with E-state index in [2.05, 4.69) is 5.32 Å². The van der Waals surface area contributed by atoms with E-state index in [4.69, 9.17) is 9.47 Å². The van der Waals surface area contributed by atoms with Gasteiger partial charge in [0.1, 0.15) is 11.5 Å². The number of nitrogens with one attached hydrogen (secondary N) is 1. The highest BCUT2D eigenvalue weighted by Gasteiger charge is 2.20. The van der Waals surface area contributed by atoms with Gasteiger partial charge in [-0.15, -0.1) is 0 Å². The molecular weight excluding hydrogens is 338 g/mol. The summed E-state index contributed by atoms with van der Waals surface area (Å²) in [6, 6.07) is 24.5. The van der Waals surface area contributed by atoms with E-state index in [0.717, 1.165) is 5.56 Å². The molecule has 4 nitrogen and oxygen atoms in total. The summed E-state index contributed by atoms with van der Waals surface area (Å²) in [4.78, 5) is 12.7. The molecular formula is C23H23NO3. The summed E-state index contributed by atoms with van der Waals surface area (Å²) in [6.07, 6.45) is -0.0295. The minimum absolute atomic E-state index is 0.205. The molecule has 0 unspecified atom stereocenters. The number of rotatable bonds is 7. The summed E-state index contributed by atoms with van der Waals surface area (Å²) in [5, 5.41) is 2.93. The number of anilines is 1. The predicted molar refractivity (Wildman–Crippen MR) is 107 cm³/mol. The molecule has 0 bridgehead atoms. The topological polar surface area (TPSA) is 47.6 Å². The zero-order valence-corrected chi connectivity index (χ0v) is 15.5. The van der Waals surface area contributed by atoms with Crippen molar-refractivity contribution in [3.63, 3.8) is 0 Å². The van der Waals surface area contributed by atoms with Gasteiger partial charge in [0.25, 0.3) is 5.91 Å². The number of para-hydroxylation sites is 3. The molecule has 3 aromatic carbocycles. The van der Waals surface area contributed by atoms with Gasteiger partial charge in [0, 0.05) is 0 Å². The fourth-order valence-electron chi connectivity index (χ4n) is 2.66. The second kappa shape index (κ2) is 8.90. The molecule has 3 rings (SSSR count). The first-order chi connectivity index (χ1) is 13.2. The number of amides is 1. The lowest BCUT2D eigenvalue weighted by molar-refractivity contribution is -0.122. The van der Waals surface area contributed by atoms with E-state index in [9.17, 15) is 4.79 Å². The Labute approximate surface area is 159 Å². The normalized spacial score (nSPS) is 11.5. The van der Waals surface area contributed by atoms with Gasteiger partial charge in [-0.3, -0.25) is 4.79 Å². The summed E-state index contributed by atoms with van der Waals surface area (Å²) < 4.78 is 11.8. The van der Waals surface area contributed by atoms with Gasteiger partial charge in [-0.05, 0) is 55.3 Å². The van der Waals surface area contributed by atoms with E-state index in [0.29, 0.717) is 29.4 Å². The van der Waals surface area contributed by atoms with Crippen LogP contribution in [0.3, 0.4) is 0 Å². The predicted octanol–water partition coefficient (Wildman–Crippen LogP) is 5.58. The Balaban J connectivity index is 1.72. The number of aryl methyl sites for hydroxylation is 1. The Kier molecular flexibility index (Phi) is 6.10. The van der Waals surface area contributed by atoms with Crippen molar-refractivity contribution in [2.75, 3.05) is 5.32 Å². The molecule has 0 aliphatic rings. The first kappa shape index (κ1) is 18.5. The van der Waals surface area contributed by atoms with Crippen LogP contribution in [0.1, 0.15) is 18.9 Å². The van der Waals surface area contributed by atoms with E-state index in [1.165, 1.54) is 0 Å². The third kappa shape index (κ3) is 5.11. The number of hydrogen-bond acceptors (Lipinski definition) is 3. The van der Waals surface area contributed by atoms with Crippen LogP contribution in [0.5, 0.6) is 17.2 Å². The van der Waals surface area contributed by atoms with Gasteiger partial charge < -0.3 is 14.8 Å². The van der Waals surface area contributed by atoms with Gasteiger partial charge in [0.2, 0.25) is 0 Å². The molecule has 0 aliphatic heterocycles. The van der Waals surface area contributed by atoms with Gasteiger partial charge in [-0.1, -0.05) is 49.4 Å². The molecule has 0 saturated heterocycles. The van der Waals surface area contributed by atoms with Crippen molar-refractivity contribution in [2.45, 2.75) is 26.4 Å². The Morgan fingerprint density at radius 1 is 0.926 bits per heavy atom. The molecule has 138 valence electrons. The van der Waals surface area contributed by atoms with Crippen LogP contribution < -0.4 is 14.8 Å². The zero-order valence-electron chi connectivity index (χ0n) is 15.5. The Bertz CT molecular complexity index is 893. The van der Waals surface area contributed by atoms with Crippen molar-refractivity contribution < 1.29 is 14.3 Å². The van der Waals surface area contributed by atoms with Crippen molar-refractivity contribution >= 4 is 11.6 Å². The largest absolute Gasteiger partial charge is 0.481 e. The van der Waals surface area contributed by atoms with Crippen molar-refractivity contribution in [3.05, 3.63) is 84.4 Å². The fraction of sp³-hybridized carbons (Fsp3) is 0.174. The van der Waals surface area contributed by atoms with Crippen LogP contribution in [0.15, 0.2) is 78.9 Å². The molecule has 0 saturated carbocycles. The number of ether oxygens (including phenoxy) is 2. The van der Waals surface area contributed by atoms with Gasteiger partial charge in [-0.25, -0.2) is 0 Å². The highest BCUT2D eigenvalue weighted by atomic mass is 16.5. The smallest absolute Gasteiger partial charge is 0.265 e. The molecule has 1 N–H and O–H groups in total. The highest BCUT2D eigenvalue weighted by Crippen LogP contribution is 2.29. The molecule has 0 radical (unpaired) electrons. The van der Waals surface area contributed by atoms with Crippen LogP contribution in [0.2, 0.25) is 0 Å². The average Bonchev–Trinajstić information content (AvgIpc) is 2.68. The van der Waals surface area contributed by atoms with Crippen molar-refractivity contribution in [3.8, 4) is 17.2 Å². The Hall–Kier alpha value is -3.27. The summed E-state index contributed by atoms with van der Waals surface area (Å²) in [7, 11) is 0. The van der Waals surface area contributed by atoms with Crippen LogP contribution in [0.25, 0.3) is 0 Å². The summed E-state index contributed by atoms with van der Waals surface area (Å²) in [5.74, 6) is 1.78. The van der Waals surface area contributed by atoms with E-state index in [-0.39, 0.29) is 5.91 Å². The van der Waals surface area contributed by atoms with Gasteiger partial charge in [-0.2, -0.15) is 0 Å². The minimum atomic E-state index is -0.586. The average molecular weight is 361 g/mol. The van der Waals surface area contributed by atoms with Gasteiger partial charge >= 0.3 is 0 Å². The molecule has 0 fully saturated rings. The van der Waals surface area contributed by atoms with Crippen LogP contribution in [0, 0.1) is 6.92 Å². The number of carbonyl (C=O) groups excluding carboxylic acids is 1. The lowest BCUT2D eigenvalue weighted by Gasteiger charge is -2.19. The number of benzene rings is 3. The molecule has 3 aromatic rings. The maximum absolute atomic E-state index is 12.7. The summed E-state index contributed by atoms with van der Waals surface area (Å²) >= 11 is 0. The quantitative estimate of drug-likeness (QED) is 0.597. The van der Waals surface area contributed by atoms with Gasteiger partial charge in [0.05, 0.1) is 5.69 Å². The summed E-state index contributed by atoms with van der Waals surface area (Å²) in [6.45, 7) is 3.91. The first-order valence-corrected chi connectivity index (χ1v) is 9.02. The van der Waals surface area contributed by atoms with Crippen molar-refractivity contribution in [2.24, 2.45) is 0 Å². The lowest BCUT2D eigenvalue weighted by atomic mass is 10.2. The Morgan fingerprint density at radius 3 is 2.37 bits per heavy atom. The monoisotopic (exact) mass is 361 g/mol. The minimum Gasteiger partial charge on any atom is -0.481 e. The molecule has 0 aromatic heterocycles. The van der Waals surface area contributed by atoms with E-state index < -0.39 is 6.10 Å². The molecule has 0 aliphatic carbocycles. The molecule has 27 heavy (non-hydrogen) atoms. The molecule has 1 atom stereocenters. The molecule has 0 spiro atoms. The standard InChI is InChI=1S/C23H23NO3/c1-3-21(27-19-13-9-10-17(2)16-19)23(25)24-20-14-7-8-15-22(20)26-18-11-5-4-6-12-18/h4-16,21H,3H2,1-2H3,(H,24,25)/t21-/m0/s1. The second-order valence-electron chi connectivity index (χ2n) is 6.23. The number of carbonyl (C=O) groups is 1. The fourth-order valence-corrected chi connectivity index (χ4v) is 2.66. The van der Waals surface area contributed by atoms with Crippen molar-refractivity contribution in [1.29, 1.82) is 0 Å². The van der Waals surface area contributed by atoms with E-state index >= 15 is 0 Å². The van der Waals surface area contributed by atoms with Crippen molar-refractivity contribution in [1.82, 2.24) is 0 Å². The van der Waals surface area contributed by atoms with Crippen LogP contribution >= 0.6 is 0 Å². The molecule has 1 amide bonds. The maximum atomic E-state index is 12.7. The maximum Gasteiger partial charge on any atom is 0.265 e. The highest BCUT2D eigenvalue weighted by molar-refractivity contribution is 5.95. The SMILES string of the molecule is CC[C@H](Oc1cccc(C)c1)C(=O)Nc1ccccc1Oc1ccccc1. The summed E-state index contributed by atoms with van der Waals surface area (Å²) in [5.41, 5.74) is 1.70. The molecule has 4 heteroatoms.